The summed E-state index contributed by atoms with van der Waals surface area (Å²) in [6, 6.07) is 3.60. The van der Waals surface area contributed by atoms with Gasteiger partial charge in [-0.3, -0.25) is 0 Å². The second kappa shape index (κ2) is 5.05. The molecule has 0 fully saturated rings. The number of nitrogens with two attached hydrogens (primary N) is 1. The van der Waals surface area contributed by atoms with Gasteiger partial charge < -0.3 is 10.5 Å². The number of hydrogen-bond donors (Lipinski definition) is 1. The number of aromatic nitrogens is 2. The van der Waals surface area contributed by atoms with Crippen LogP contribution in [-0.4, -0.2) is 9.97 Å². The third kappa shape index (κ3) is 2.43. The Bertz CT molecular complexity index is 575. The largest absolute Gasteiger partial charge is 0.421 e. The predicted molar refractivity (Wildman–Crippen MR) is 61.1 cm³/mol. The minimum absolute atomic E-state index is 0.0470. The first kappa shape index (κ1) is 12.4. The maximum absolute atomic E-state index is 13.4. The molecular formula is C12H11F2N3O. The molecule has 2 N–H and O–H groups in total. The summed E-state index contributed by atoms with van der Waals surface area (Å²) in [7, 11) is 0. The lowest BCUT2D eigenvalue weighted by Crippen LogP contribution is -2.04. The Labute approximate surface area is 102 Å². The second-order valence-corrected chi connectivity index (χ2v) is 3.62. The number of aryl methyl sites for hydroxylation is 1. The van der Waals surface area contributed by atoms with Gasteiger partial charge in [0.15, 0.2) is 11.6 Å². The Morgan fingerprint density at radius 2 is 2.11 bits per heavy atom. The summed E-state index contributed by atoms with van der Waals surface area (Å²) in [6.45, 7) is 2.04. The van der Waals surface area contributed by atoms with Gasteiger partial charge in [0.1, 0.15) is 0 Å². The van der Waals surface area contributed by atoms with Crippen LogP contribution in [0.1, 0.15) is 11.3 Å². The number of ether oxygens (including phenoxy) is 1. The van der Waals surface area contributed by atoms with Gasteiger partial charge in [-0.15, -0.1) is 0 Å². The molecule has 0 aliphatic carbocycles. The predicted octanol–water partition coefficient (Wildman–Crippen LogP) is 2.31. The van der Waals surface area contributed by atoms with Crippen LogP contribution in [0.4, 0.5) is 8.78 Å². The monoisotopic (exact) mass is 251 g/mol. The van der Waals surface area contributed by atoms with Crippen LogP contribution < -0.4 is 10.5 Å². The highest BCUT2D eigenvalue weighted by Gasteiger charge is 2.11. The van der Waals surface area contributed by atoms with Crippen molar-refractivity contribution in [3.63, 3.8) is 0 Å². The summed E-state index contributed by atoms with van der Waals surface area (Å²) >= 11 is 0. The SMILES string of the molecule is Cc1nc(Oc2cccc(F)c2F)ncc1CN. The molecule has 1 aromatic heterocycles. The second-order valence-electron chi connectivity index (χ2n) is 3.62. The number of halogens is 2. The molecule has 0 saturated carbocycles. The zero-order valence-electron chi connectivity index (χ0n) is 9.65. The highest BCUT2D eigenvalue weighted by Crippen LogP contribution is 2.23. The fraction of sp³-hybridized carbons (Fsp3) is 0.167. The molecule has 0 amide bonds. The molecule has 1 heterocycles. The summed E-state index contributed by atoms with van der Waals surface area (Å²) in [6.07, 6.45) is 1.49. The van der Waals surface area contributed by atoms with Crippen LogP contribution in [0, 0.1) is 18.6 Å². The minimum Gasteiger partial charge on any atom is -0.421 e. The summed E-state index contributed by atoms with van der Waals surface area (Å²) in [5.41, 5.74) is 6.87. The molecule has 0 aliphatic rings. The molecule has 2 rings (SSSR count). The Hall–Kier alpha value is -2.08. The van der Waals surface area contributed by atoms with Gasteiger partial charge in [0.25, 0.3) is 0 Å². The summed E-state index contributed by atoms with van der Waals surface area (Å²) in [5.74, 6) is -2.31. The van der Waals surface area contributed by atoms with Crippen LogP contribution >= 0.6 is 0 Å². The average Bonchev–Trinajstić information content (AvgIpc) is 2.35. The molecule has 0 atom stereocenters. The maximum Gasteiger partial charge on any atom is 0.322 e. The van der Waals surface area contributed by atoms with E-state index in [1.165, 1.54) is 18.3 Å². The summed E-state index contributed by atoms with van der Waals surface area (Å²) in [4.78, 5) is 7.88. The van der Waals surface area contributed by atoms with Gasteiger partial charge in [-0.25, -0.2) is 9.37 Å². The van der Waals surface area contributed by atoms with E-state index < -0.39 is 11.6 Å². The fourth-order valence-electron chi connectivity index (χ4n) is 1.38. The van der Waals surface area contributed by atoms with Gasteiger partial charge >= 0.3 is 6.01 Å². The average molecular weight is 251 g/mol. The summed E-state index contributed by atoms with van der Waals surface area (Å²) in [5, 5.41) is 0. The first-order chi connectivity index (χ1) is 8.61. The van der Waals surface area contributed by atoms with Gasteiger partial charge in [-0.1, -0.05) is 6.07 Å². The maximum atomic E-state index is 13.4. The lowest BCUT2D eigenvalue weighted by molar-refractivity contribution is 0.391. The van der Waals surface area contributed by atoms with E-state index in [4.69, 9.17) is 10.5 Å². The molecule has 0 spiro atoms. The van der Waals surface area contributed by atoms with E-state index in [-0.39, 0.29) is 11.8 Å². The van der Waals surface area contributed by atoms with Gasteiger partial charge in [0.2, 0.25) is 5.82 Å². The van der Waals surface area contributed by atoms with E-state index in [0.29, 0.717) is 12.2 Å². The molecule has 4 nitrogen and oxygen atoms in total. The number of rotatable bonds is 3. The molecule has 0 bridgehead atoms. The van der Waals surface area contributed by atoms with Crippen LogP contribution in [0.15, 0.2) is 24.4 Å². The molecular weight excluding hydrogens is 240 g/mol. The van der Waals surface area contributed by atoms with Crippen molar-refractivity contribution < 1.29 is 13.5 Å². The van der Waals surface area contributed by atoms with Crippen LogP contribution in [0.25, 0.3) is 0 Å². The Balaban J connectivity index is 2.29. The Morgan fingerprint density at radius 3 is 2.78 bits per heavy atom. The van der Waals surface area contributed by atoms with Gasteiger partial charge in [0, 0.05) is 24.0 Å². The quantitative estimate of drug-likeness (QED) is 0.909. The van der Waals surface area contributed by atoms with Gasteiger partial charge in [0.05, 0.1) is 0 Å². The van der Waals surface area contributed by atoms with Crippen LogP contribution in [0.5, 0.6) is 11.8 Å². The molecule has 2 aromatic rings. The normalized spacial score (nSPS) is 10.4. The minimum atomic E-state index is -1.07. The molecule has 0 unspecified atom stereocenters. The highest BCUT2D eigenvalue weighted by atomic mass is 19.2. The summed E-state index contributed by atoms with van der Waals surface area (Å²) < 4.78 is 31.4. The molecule has 0 aliphatic heterocycles. The number of nitrogens with zero attached hydrogens (tertiary/aromatic N) is 2. The van der Waals surface area contributed by atoms with Crippen molar-refractivity contribution in [3.05, 3.63) is 47.3 Å². The molecule has 18 heavy (non-hydrogen) atoms. The number of hydrogen-bond acceptors (Lipinski definition) is 4. The molecule has 0 radical (unpaired) electrons. The van der Waals surface area contributed by atoms with Gasteiger partial charge in [-0.2, -0.15) is 9.37 Å². The van der Waals surface area contributed by atoms with Crippen molar-refractivity contribution in [1.82, 2.24) is 9.97 Å². The van der Waals surface area contributed by atoms with E-state index in [2.05, 4.69) is 9.97 Å². The van der Waals surface area contributed by atoms with E-state index in [1.807, 2.05) is 0 Å². The van der Waals surface area contributed by atoms with E-state index in [1.54, 1.807) is 6.92 Å². The van der Waals surface area contributed by atoms with Crippen LogP contribution in [-0.2, 0) is 6.54 Å². The third-order valence-electron chi connectivity index (χ3n) is 2.40. The van der Waals surface area contributed by atoms with Crippen LogP contribution in [0.2, 0.25) is 0 Å². The fourth-order valence-corrected chi connectivity index (χ4v) is 1.38. The first-order valence-electron chi connectivity index (χ1n) is 5.26. The van der Waals surface area contributed by atoms with Crippen molar-refractivity contribution in [2.75, 3.05) is 0 Å². The molecule has 0 saturated heterocycles. The standard InChI is InChI=1S/C12H11F2N3O/c1-7-8(5-15)6-16-12(17-7)18-10-4-2-3-9(13)11(10)14/h2-4,6H,5,15H2,1H3. The van der Waals surface area contributed by atoms with Crippen molar-refractivity contribution in [2.45, 2.75) is 13.5 Å². The van der Waals surface area contributed by atoms with Crippen molar-refractivity contribution in [2.24, 2.45) is 5.73 Å². The van der Waals surface area contributed by atoms with Gasteiger partial charge in [-0.05, 0) is 19.1 Å². The smallest absolute Gasteiger partial charge is 0.322 e. The van der Waals surface area contributed by atoms with Crippen molar-refractivity contribution in [3.8, 4) is 11.8 Å². The topological polar surface area (TPSA) is 61.0 Å². The lowest BCUT2D eigenvalue weighted by atomic mass is 10.2. The molecule has 1 aromatic carbocycles. The Kier molecular flexibility index (Phi) is 3.47. The Morgan fingerprint density at radius 1 is 1.33 bits per heavy atom. The molecule has 6 heteroatoms. The van der Waals surface area contributed by atoms with Crippen molar-refractivity contribution in [1.29, 1.82) is 0 Å². The zero-order chi connectivity index (χ0) is 13.1. The van der Waals surface area contributed by atoms with Crippen molar-refractivity contribution >= 4 is 0 Å². The third-order valence-corrected chi connectivity index (χ3v) is 2.40. The number of benzene rings is 1. The van der Waals surface area contributed by atoms with Crippen LogP contribution in [0.3, 0.4) is 0 Å². The first-order valence-corrected chi connectivity index (χ1v) is 5.26. The highest BCUT2D eigenvalue weighted by molar-refractivity contribution is 5.28. The van der Waals surface area contributed by atoms with E-state index >= 15 is 0 Å². The van der Waals surface area contributed by atoms with E-state index in [9.17, 15) is 8.78 Å². The lowest BCUT2D eigenvalue weighted by Gasteiger charge is -2.07. The van der Waals surface area contributed by atoms with E-state index in [0.717, 1.165) is 11.6 Å². The zero-order valence-corrected chi connectivity index (χ0v) is 9.65. The molecule has 94 valence electrons.